The summed E-state index contributed by atoms with van der Waals surface area (Å²) < 4.78 is 27.4. The van der Waals surface area contributed by atoms with Gasteiger partial charge in [-0.25, -0.2) is 0 Å². The number of hydrogen-bond acceptors (Lipinski definition) is 10. The minimum absolute atomic E-state index is 0.296. The van der Waals surface area contributed by atoms with Crippen molar-refractivity contribution < 1.29 is 37.9 Å². The largest absolute Gasteiger partial charge is 0.476 e. The van der Waals surface area contributed by atoms with Crippen LogP contribution in [-0.4, -0.2) is 52.6 Å². The molecule has 3 rings (SSSR count). The molecule has 0 saturated carbocycles. The number of carbonyl (C=O) groups excluding carboxylic acids is 3. The summed E-state index contributed by atoms with van der Waals surface area (Å²) in [5.41, 5.74) is 0.972. The summed E-state index contributed by atoms with van der Waals surface area (Å²) in [6, 6.07) is 7.28. The van der Waals surface area contributed by atoms with E-state index in [1.165, 1.54) is 32.5 Å². The van der Waals surface area contributed by atoms with Gasteiger partial charge in [0.25, 0.3) is 0 Å². The maximum absolute atomic E-state index is 11.8. The summed E-state index contributed by atoms with van der Waals surface area (Å²) in [5.74, 6) is -0.213. The zero-order valence-electron chi connectivity index (χ0n) is 17.5. The van der Waals surface area contributed by atoms with Crippen molar-refractivity contribution in [1.29, 1.82) is 0 Å². The third-order valence-corrected chi connectivity index (χ3v) is 5.67. The predicted molar refractivity (Wildman–Crippen MR) is 110 cm³/mol. The van der Waals surface area contributed by atoms with Crippen molar-refractivity contribution in [2.75, 3.05) is 5.75 Å². The number of ether oxygens (including phenoxy) is 4. The summed E-state index contributed by atoms with van der Waals surface area (Å²) >= 11 is 1.30. The van der Waals surface area contributed by atoms with E-state index in [-0.39, 0.29) is 0 Å². The number of rotatable bonds is 6. The molecule has 1 saturated heterocycles. The van der Waals surface area contributed by atoms with Gasteiger partial charge in [-0.3, -0.25) is 14.4 Å². The Hall–Kier alpha value is -3.01. The lowest BCUT2D eigenvalue weighted by molar-refractivity contribution is -0.186. The Morgan fingerprint density at radius 3 is 2.32 bits per heavy atom. The third kappa shape index (κ3) is 5.78. The molecule has 2 aromatic rings. The number of aryl methyl sites for hydroxylation is 1. The molecule has 2 heterocycles. The first kappa shape index (κ1) is 22.7. The van der Waals surface area contributed by atoms with Crippen molar-refractivity contribution in [1.82, 2.24) is 5.16 Å². The lowest BCUT2D eigenvalue weighted by atomic mass is 10.1. The van der Waals surface area contributed by atoms with Crippen molar-refractivity contribution >= 4 is 29.7 Å². The van der Waals surface area contributed by atoms with E-state index in [1.807, 2.05) is 25.1 Å². The van der Waals surface area contributed by atoms with E-state index in [1.54, 1.807) is 12.3 Å². The molecule has 1 aromatic heterocycles. The zero-order valence-corrected chi connectivity index (χ0v) is 18.3. The molecule has 0 radical (unpaired) electrons. The summed E-state index contributed by atoms with van der Waals surface area (Å²) in [6.07, 6.45) is -1.14. The Bertz CT molecular complexity index is 958. The van der Waals surface area contributed by atoms with E-state index in [9.17, 15) is 14.4 Å². The fraction of sp³-hybridized carbons (Fsp3) is 0.429. The van der Waals surface area contributed by atoms with Crippen LogP contribution in [0.3, 0.4) is 0 Å². The van der Waals surface area contributed by atoms with Gasteiger partial charge in [0.2, 0.25) is 0 Å². The van der Waals surface area contributed by atoms with Crippen molar-refractivity contribution in [2.45, 2.75) is 51.4 Å². The number of aromatic nitrogens is 1. The number of benzene rings is 1. The van der Waals surface area contributed by atoms with Gasteiger partial charge in [-0.15, -0.1) is 11.8 Å². The first-order valence-corrected chi connectivity index (χ1v) is 10.6. The van der Waals surface area contributed by atoms with E-state index in [4.69, 9.17) is 23.5 Å². The van der Waals surface area contributed by atoms with Crippen molar-refractivity contribution in [3.05, 3.63) is 36.2 Å². The Balaban J connectivity index is 1.87. The van der Waals surface area contributed by atoms with Gasteiger partial charge < -0.3 is 23.5 Å². The van der Waals surface area contributed by atoms with Crippen LogP contribution in [0.4, 0.5) is 0 Å². The highest BCUT2D eigenvalue weighted by Gasteiger charge is 2.47. The Morgan fingerprint density at radius 1 is 1.03 bits per heavy atom. The van der Waals surface area contributed by atoms with E-state index < -0.39 is 41.7 Å². The number of nitrogens with zero attached hydrogens (tertiary/aromatic N) is 1. The topological polar surface area (TPSA) is 114 Å². The van der Waals surface area contributed by atoms with Crippen LogP contribution < -0.4 is 4.74 Å². The third-order valence-electron chi connectivity index (χ3n) is 4.45. The minimum Gasteiger partial charge on any atom is -0.476 e. The molecule has 1 aliphatic rings. The van der Waals surface area contributed by atoms with Gasteiger partial charge in [-0.2, -0.15) is 0 Å². The lowest BCUT2D eigenvalue weighted by Gasteiger charge is -2.39. The van der Waals surface area contributed by atoms with Crippen molar-refractivity contribution in [2.24, 2.45) is 0 Å². The number of esters is 3. The second kappa shape index (κ2) is 9.86. The zero-order chi connectivity index (χ0) is 22.5. The average Bonchev–Trinajstić information content (AvgIpc) is 3.11. The van der Waals surface area contributed by atoms with E-state index >= 15 is 0 Å². The molecule has 0 aliphatic carbocycles. The molecule has 0 N–H and O–H groups in total. The van der Waals surface area contributed by atoms with Crippen molar-refractivity contribution in [3.63, 3.8) is 0 Å². The maximum Gasteiger partial charge on any atom is 0.303 e. The fourth-order valence-electron chi connectivity index (χ4n) is 3.26. The summed E-state index contributed by atoms with van der Waals surface area (Å²) in [5, 5.41) is 3.79. The van der Waals surface area contributed by atoms with Crippen molar-refractivity contribution in [3.8, 4) is 16.9 Å². The van der Waals surface area contributed by atoms with Gasteiger partial charge in [0.05, 0.1) is 6.20 Å². The number of thioether (sulfide) groups is 1. The molecule has 1 aliphatic heterocycles. The molecule has 0 spiro atoms. The molecule has 1 fully saturated rings. The predicted octanol–water partition coefficient (Wildman–Crippen LogP) is 2.90. The van der Waals surface area contributed by atoms with Gasteiger partial charge >= 0.3 is 17.9 Å². The average molecular weight is 449 g/mol. The highest BCUT2D eigenvalue weighted by Crippen LogP contribution is 2.35. The van der Waals surface area contributed by atoms with Crippen LogP contribution in [-0.2, 0) is 28.6 Å². The van der Waals surface area contributed by atoms with Crippen LogP contribution in [0.5, 0.6) is 5.75 Å². The first-order valence-electron chi connectivity index (χ1n) is 9.56. The molecule has 166 valence electrons. The molecule has 0 unspecified atom stereocenters. The van der Waals surface area contributed by atoms with Gasteiger partial charge in [0.1, 0.15) is 11.5 Å². The molecular formula is C21H23NO8S. The Kier molecular flexibility index (Phi) is 7.21. The normalized spacial score (nSPS) is 23.0. The van der Waals surface area contributed by atoms with E-state index in [0.29, 0.717) is 17.3 Å². The second-order valence-corrected chi connectivity index (χ2v) is 8.07. The second-order valence-electron chi connectivity index (χ2n) is 6.94. The standard InChI is InChI=1S/C21H23NO8S/c1-11-17(9-22-30-11)15-6-5-7-16(8-15)29-21-20(28-14(4)25)19(27-13(3)24)18(10-31-21)26-12(2)23/h5-9,18-21H,10H2,1-4H3/t18-,19+,20-,21-/m1/s1. The lowest BCUT2D eigenvalue weighted by Crippen LogP contribution is -2.55. The smallest absolute Gasteiger partial charge is 0.303 e. The SMILES string of the molecule is CC(=O)O[C@@H]1[C@@H](OC(C)=O)[C@H](OC(C)=O)CS[C@H]1Oc1cccc(-c2cnoc2C)c1. The van der Waals surface area contributed by atoms with Gasteiger partial charge in [0, 0.05) is 32.1 Å². The Morgan fingerprint density at radius 2 is 1.71 bits per heavy atom. The molecule has 0 bridgehead atoms. The van der Waals surface area contributed by atoms with Crippen LogP contribution in [0.2, 0.25) is 0 Å². The van der Waals surface area contributed by atoms with E-state index in [2.05, 4.69) is 5.16 Å². The van der Waals surface area contributed by atoms with Crippen LogP contribution in [0.15, 0.2) is 35.0 Å². The molecule has 9 nitrogen and oxygen atoms in total. The summed E-state index contributed by atoms with van der Waals surface area (Å²) in [7, 11) is 0. The van der Waals surface area contributed by atoms with Crippen LogP contribution in [0.1, 0.15) is 26.5 Å². The van der Waals surface area contributed by atoms with Gasteiger partial charge in [0.15, 0.2) is 23.7 Å². The number of hydrogen-bond donors (Lipinski definition) is 0. The molecular weight excluding hydrogens is 426 g/mol. The fourth-order valence-corrected chi connectivity index (χ4v) is 4.47. The van der Waals surface area contributed by atoms with Gasteiger partial charge in [-0.05, 0) is 24.6 Å². The molecule has 1 aromatic carbocycles. The van der Waals surface area contributed by atoms with Crippen LogP contribution in [0.25, 0.3) is 11.1 Å². The maximum atomic E-state index is 11.8. The van der Waals surface area contributed by atoms with E-state index in [0.717, 1.165) is 11.1 Å². The van der Waals surface area contributed by atoms with Crippen LogP contribution in [0, 0.1) is 6.92 Å². The molecule has 31 heavy (non-hydrogen) atoms. The Labute approximate surface area is 183 Å². The highest BCUT2D eigenvalue weighted by molar-refractivity contribution is 7.99. The first-order chi connectivity index (χ1) is 14.7. The van der Waals surface area contributed by atoms with Gasteiger partial charge in [-0.1, -0.05) is 17.3 Å². The molecule has 4 atom stereocenters. The monoisotopic (exact) mass is 449 g/mol. The molecule has 10 heteroatoms. The van der Waals surface area contributed by atoms with Crippen LogP contribution >= 0.6 is 11.8 Å². The quantitative estimate of drug-likeness (QED) is 0.482. The minimum atomic E-state index is -1.000. The summed E-state index contributed by atoms with van der Waals surface area (Å²) in [6.45, 7) is 5.55. The summed E-state index contributed by atoms with van der Waals surface area (Å²) in [4.78, 5) is 34.9. The number of carbonyl (C=O) groups is 3. The molecule has 0 amide bonds. The highest BCUT2D eigenvalue weighted by atomic mass is 32.2.